The average molecular weight is 341 g/mol. The Morgan fingerprint density at radius 1 is 0.667 bits per heavy atom. The van der Waals surface area contributed by atoms with E-state index in [0.29, 0.717) is 0 Å². The Morgan fingerprint density at radius 3 is 1.71 bits per heavy atom. The van der Waals surface area contributed by atoms with Crippen LogP contribution >= 0.6 is 0 Å². The molecule has 2 aliphatic carbocycles. The summed E-state index contributed by atoms with van der Waals surface area (Å²) in [6.45, 7) is 9.47. The molecule has 0 saturated heterocycles. The number of unbranched alkanes of at least 4 members (excludes halogenated alkanes) is 4. The lowest BCUT2D eigenvalue weighted by atomic mass is 10.1. The molecule has 0 bridgehead atoms. The fourth-order valence-corrected chi connectivity index (χ4v) is 7.70. The van der Waals surface area contributed by atoms with Crippen molar-refractivity contribution < 1.29 is 0 Å². The summed E-state index contributed by atoms with van der Waals surface area (Å²) in [5, 5.41) is 1.68. The van der Waals surface area contributed by atoms with Gasteiger partial charge in [-0.2, -0.15) is 0 Å². The SMILES string of the molecule is CCCCCCCc1ccc2cc([Si](CC)(CC)CC)cc-2cc1. The molecule has 0 nitrogen and oxygen atoms in total. The van der Waals surface area contributed by atoms with Crippen LogP contribution in [-0.4, -0.2) is 8.07 Å². The summed E-state index contributed by atoms with van der Waals surface area (Å²) in [6.07, 6.45) is 8.04. The Morgan fingerprint density at radius 2 is 1.21 bits per heavy atom. The molecule has 0 heterocycles. The molecule has 0 radical (unpaired) electrons. The van der Waals surface area contributed by atoms with Crippen molar-refractivity contribution in [2.24, 2.45) is 0 Å². The lowest BCUT2D eigenvalue weighted by molar-refractivity contribution is 0.632. The molecule has 0 aromatic carbocycles. The van der Waals surface area contributed by atoms with Crippen molar-refractivity contribution in [2.45, 2.75) is 84.4 Å². The van der Waals surface area contributed by atoms with Gasteiger partial charge in [0.1, 0.15) is 0 Å². The molecule has 1 heteroatoms. The van der Waals surface area contributed by atoms with Crippen LogP contribution in [0.1, 0.15) is 65.4 Å². The van der Waals surface area contributed by atoms with Crippen LogP contribution in [0.25, 0.3) is 11.1 Å². The van der Waals surface area contributed by atoms with E-state index in [0.717, 1.165) is 0 Å². The fourth-order valence-electron chi connectivity index (χ4n) is 4.05. The zero-order chi connectivity index (χ0) is 17.4. The van der Waals surface area contributed by atoms with Crippen LogP contribution in [0.15, 0.2) is 36.4 Å². The van der Waals surface area contributed by atoms with E-state index in [9.17, 15) is 0 Å². The molecule has 0 unspecified atom stereocenters. The van der Waals surface area contributed by atoms with Gasteiger partial charge in [-0.25, -0.2) is 0 Å². The van der Waals surface area contributed by atoms with Crippen molar-refractivity contribution in [3.05, 3.63) is 42.0 Å². The molecular weight excluding hydrogens is 304 g/mol. The molecular formula is C23H36Si. The molecule has 24 heavy (non-hydrogen) atoms. The Hall–Kier alpha value is -1.08. The van der Waals surface area contributed by atoms with Gasteiger partial charge in [-0.05, 0) is 29.5 Å². The van der Waals surface area contributed by atoms with Crippen molar-refractivity contribution in [3.63, 3.8) is 0 Å². The number of rotatable bonds is 10. The van der Waals surface area contributed by atoms with E-state index >= 15 is 0 Å². The molecule has 0 atom stereocenters. The highest BCUT2D eigenvalue weighted by atomic mass is 28.3. The summed E-state index contributed by atoms with van der Waals surface area (Å²) in [7, 11) is -1.25. The van der Waals surface area contributed by atoms with Gasteiger partial charge >= 0.3 is 0 Å². The third-order valence-electron chi connectivity index (χ3n) is 6.12. The summed E-state index contributed by atoms with van der Waals surface area (Å²) in [5.41, 5.74) is 4.37. The molecule has 2 aliphatic rings. The molecule has 0 spiro atoms. The monoisotopic (exact) mass is 340 g/mol. The number of hydrogen-bond acceptors (Lipinski definition) is 0. The van der Waals surface area contributed by atoms with Gasteiger partial charge in [0.2, 0.25) is 0 Å². The van der Waals surface area contributed by atoms with Crippen LogP contribution in [0.2, 0.25) is 18.1 Å². The van der Waals surface area contributed by atoms with Gasteiger partial charge in [0, 0.05) is 0 Å². The summed E-state index contributed by atoms with van der Waals surface area (Å²) in [6, 6.07) is 18.5. The maximum Gasteiger partial charge on any atom is 0.0859 e. The third kappa shape index (κ3) is 4.50. The second-order valence-corrected chi connectivity index (χ2v) is 12.7. The second kappa shape index (κ2) is 9.41. The topological polar surface area (TPSA) is 0 Å². The van der Waals surface area contributed by atoms with E-state index in [1.54, 1.807) is 5.19 Å². The number of hydrogen-bond donors (Lipinski definition) is 0. The summed E-state index contributed by atoms with van der Waals surface area (Å²) in [5.74, 6) is 0. The normalized spacial score (nSPS) is 12.0. The first-order chi connectivity index (χ1) is 11.7. The molecule has 0 aromatic rings. The zero-order valence-corrected chi connectivity index (χ0v) is 17.3. The Balaban J connectivity index is 2.12. The maximum absolute atomic E-state index is 2.50. The third-order valence-corrected chi connectivity index (χ3v) is 11.7. The van der Waals surface area contributed by atoms with E-state index in [-0.39, 0.29) is 0 Å². The minimum Gasteiger partial charge on any atom is -0.0675 e. The predicted molar refractivity (Wildman–Crippen MR) is 112 cm³/mol. The summed E-state index contributed by atoms with van der Waals surface area (Å²) >= 11 is 0. The van der Waals surface area contributed by atoms with Gasteiger partial charge in [0.25, 0.3) is 0 Å². The first-order valence-electron chi connectivity index (χ1n) is 10.2. The van der Waals surface area contributed by atoms with Crippen LogP contribution in [0, 0.1) is 0 Å². The zero-order valence-electron chi connectivity index (χ0n) is 16.3. The van der Waals surface area contributed by atoms with Crippen LogP contribution in [-0.2, 0) is 6.42 Å². The molecule has 0 fully saturated rings. The van der Waals surface area contributed by atoms with Crippen molar-refractivity contribution in [1.82, 2.24) is 0 Å². The van der Waals surface area contributed by atoms with Gasteiger partial charge in [0.05, 0.1) is 8.07 Å². The standard InChI is InChI=1S/C23H36Si/c1-5-9-10-11-12-13-20-14-16-21-18-23(19-22(21)17-15-20)24(6-2,7-3)8-4/h14-19H,5-13H2,1-4H3. The van der Waals surface area contributed by atoms with Crippen LogP contribution in [0.4, 0.5) is 0 Å². The van der Waals surface area contributed by atoms with E-state index in [1.807, 2.05) is 0 Å². The van der Waals surface area contributed by atoms with Crippen molar-refractivity contribution in [3.8, 4) is 11.1 Å². The van der Waals surface area contributed by atoms with Crippen molar-refractivity contribution in [2.75, 3.05) is 0 Å². The first-order valence-corrected chi connectivity index (χ1v) is 12.8. The molecule has 0 N–H and O–H groups in total. The molecule has 132 valence electrons. The minimum absolute atomic E-state index is 1.23. The van der Waals surface area contributed by atoms with Crippen molar-refractivity contribution in [1.29, 1.82) is 0 Å². The van der Waals surface area contributed by atoms with Gasteiger partial charge in [-0.3, -0.25) is 0 Å². The van der Waals surface area contributed by atoms with Crippen molar-refractivity contribution >= 4 is 13.3 Å². The Kier molecular flexibility index (Phi) is 7.55. The fraction of sp³-hybridized carbons (Fsp3) is 0.565. The summed E-state index contributed by atoms with van der Waals surface area (Å²) in [4.78, 5) is 0. The van der Waals surface area contributed by atoms with Gasteiger partial charge in [-0.1, -0.05) is 113 Å². The number of aryl methyl sites for hydroxylation is 1. The Labute approximate surface area is 151 Å². The molecule has 0 aliphatic heterocycles. The lowest BCUT2D eigenvalue weighted by Gasteiger charge is -2.27. The largest absolute Gasteiger partial charge is 0.0859 e. The summed E-state index contributed by atoms with van der Waals surface area (Å²) < 4.78 is 0. The van der Waals surface area contributed by atoms with E-state index in [2.05, 4.69) is 64.1 Å². The van der Waals surface area contributed by atoms with E-state index in [1.165, 1.54) is 73.3 Å². The van der Waals surface area contributed by atoms with E-state index in [4.69, 9.17) is 0 Å². The molecule has 0 saturated carbocycles. The highest BCUT2D eigenvalue weighted by Crippen LogP contribution is 2.28. The van der Waals surface area contributed by atoms with Gasteiger partial charge in [-0.15, -0.1) is 0 Å². The highest BCUT2D eigenvalue weighted by Gasteiger charge is 2.30. The maximum atomic E-state index is 2.50. The van der Waals surface area contributed by atoms with Crippen LogP contribution < -0.4 is 5.19 Å². The minimum atomic E-state index is -1.25. The van der Waals surface area contributed by atoms with E-state index < -0.39 is 8.07 Å². The van der Waals surface area contributed by atoms with Gasteiger partial charge < -0.3 is 0 Å². The highest BCUT2D eigenvalue weighted by molar-refractivity contribution is 6.92. The second-order valence-electron chi connectivity index (χ2n) is 7.40. The van der Waals surface area contributed by atoms with Crippen LogP contribution in [0.5, 0.6) is 0 Å². The predicted octanol–water partition coefficient (Wildman–Crippen LogP) is 7.02. The van der Waals surface area contributed by atoms with Gasteiger partial charge in [0.15, 0.2) is 0 Å². The molecule has 0 amide bonds. The molecule has 2 rings (SSSR count). The smallest absolute Gasteiger partial charge is 0.0675 e. The van der Waals surface area contributed by atoms with Crippen LogP contribution in [0.3, 0.4) is 0 Å². The quantitative estimate of drug-likeness (QED) is 0.322. The average Bonchev–Trinajstić information content (AvgIpc) is 2.93. The Bertz CT molecular complexity index is 541. The molecule has 0 aromatic heterocycles. The number of fused-ring (bicyclic) bond motifs is 1. The lowest BCUT2D eigenvalue weighted by Crippen LogP contribution is -2.44. The first kappa shape index (κ1) is 19.2.